The Bertz CT molecular complexity index is 838. The molecule has 0 saturated carbocycles. The van der Waals surface area contributed by atoms with Gasteiger partial charge in [-0.3, -0.25) is 9.59 Å². The molecule has 26 heavy (non-hydrogen) atoms. The molecule has 3 N–H and O–H groups in total. The normalized spacial score (nSPS) is 10.4. The molecule has 0 aliphatic carbocycles. The van der Waals surface area contributed by atoms with Gasteiger partial charge in [0.2, 0.25) is 0 Å². The minimum Gasteiger partial charge on any atom is -0.482 e. The summed E-state index contributed by atoms with van der Waals surface area (Å²) >= 11 is 0. The van der Waals surface area contributed by atoms with Gasteiger partial charge in [0.05, 0.1) is 0 Å². The summed E-state index contributed by atoms with van der Waals surface area (Å²) in [5.41, 5.74) is 3.14. The summed E-state index contributed by atoms with van der Waals surface area (Å²) in [6.45, 7) is 4.98. The third-order valence-corrected chi connectivity index (χ3v) is 3.94. The second-order valence-electron chi connectivity index (χ2n) is 5.90. The lowest BCUT2D eigenvalue weighted by Crippen LogP contribution is -2.24. The number of rotatable bonds is 8. The first-order valence-corrected chi connectivity index (χ1v) is 8.27. The number of ketones is 1. The van der Waals surface area contributed by atoms with Crippen molar-refractivity contribution >= 4 is 17.7 Å². The van der Waals surface area contributed by atoms with Gasteiger partial charge < -0.3 is 20.1 Å². The highest BCUT2D eigenvalue weighted by Crippen LogP contribution is 2.20. The van der Waals surface area contributed by atoms with Crippen LogP contribution in [0.4, 0.5) is 0 Å². The average Bonchev–Trinajstić information content (AvgIpc) is 2.95. The second kappa shape index (κ2) is 8.33. The van der Waals surface area contributed by atoms with Gasteiger partial charge in [0.15, 0.2) is 12.4 Å². The Balaban J connectivity index is 2.10. The summed E-state index contributed by atoms with van der Waals surface area (Å²) < 4.78 is 5.13. The van der Waals surface area contributed by atoms with Crippen molar-refractivity contribution in [3.63, 3.8) is 0 Å². The number of benzene rings is 1. The lowest BCUT2D eigenvalue weighted by atomic mass is 10.0. The van der Waals surface area contributed by atoms with Gasteiger partial charge in [-0.05, 0) is 43.5 Å². The van der Waals surface area contributed by atoms with Crippen LogP contribution in [-0.2, 0) is 17.8 Å². The van der Waals surface area contributed by atoms with Crippen molar-refractivity contribution in [2.75, 3.05) is 6.61 Å². The molecule has 2 aromatic rings. The predicted octanol–water partition coefficient (Wildman–Crippen LogP) is 2.48. The van der Waals surface area contributed by atoms with Gasteiger partial charge in [0.25, 0.3) is 5.91 Å². The van der Waals surface area contributed by atoms with Gasteiger partial charge in [-0.25, -0.2) is 4.79 Å². The van der Waals surface area contributed by atoms with Crippen molar-refractivity contribution in [1.82, 2.24) is 10.3 Å². The van der Waals surface area contributed by atoms with Gasteiger partial charge in [0, 0.05) is 17.8 Å². The van der Waals surface area contributed by atoms with Crippen LogP contribution in [0.3, 0.4) is 0 Å². The van der Waals surface area contributed by atoms with Crippen LogP contribution in [0.5, 0.6) is 5.75 Å². The molecule has 1 aromatic heterocycles. The smallest absolute Gasteiger partial charge is 0.341 e. The molecular formula is C19H22N2O5. The Morgan fingerprint density at radius 2 is 2.00 bits per heavy atom. The quantitative estimate of drug-likeness (QED) is 0.628. The standard InChI is InChI=1S/C19H22N2O5/c1-4-15-17(12(3)22)11(2)21-18(15)19(25)20-9-13-6-5-7-14(8-13)26-10-16(23)24/h5-8,21H,4,9-10H2,1-3H3,(H,20,25)(H,23,24). The van der Waals surface area contributed by atoms with Crippen LogP contribution in [0.25, 0.3) is 0 Å². The van der Waals surface area contributed by atoms with E-state index in [4.69, 9.17) is 9.84 Å². The van der Waals surface area contributed by atoms with Gasteiger partial charge in [0.1, 0.15) is 11.4 Å². The molecule has 7 nitrogen and oxygen atoms in total. The van der Waals surface area contributed by atoms with Crippen LogP contribution in [0.2, 0.25) is 0 Å². The number of carboxylic acid groups (broad SMARTS) is 1. The number of Topliss-reactive ketones (excluding diaryl/α,β-unsaturated/α-hetero) is 1. The van der Waals surface area contributed by atoms with Crippen LogP contribution in [0.1, 0.15) is 51.5 Å². The number of nitrogens with one attached hydrogen (secondary N) is 2. The number of hydrogen-bond acceptors (Lipinski definition) is 4. The second-order valence-corrected chi connectivity index (χ2v) is 5.90. The minimum atomic E-state index is -1.06. The average molecular weight is 358 g/mol. The first kappa shape index (κ1) is 19.2. The number of ether oxygens (including phenoxy) is 1. The van der Waals surface area contributed by atoms with E-state index in [0.29, 0.717) is 34.7 Å². The van der Waals surface area contributed by atoms with Crippen LogP contribution in [0.15, 0.2) is 24.3 Å². The van der Waals surface area contributed by atoms with Crippen molar-refractivity contribution in [3.8, 4) is 5.75 Å². The minimum absolute atomic E-state index is 0.0714. The van der Waals surface area contributed by atoms with E-state index >= 15 is 0 Å². The molecule has 1 aromatic carbocycles. The molecule has 0 atom stereocenters. The van der Waals surface area contributed by atoms with Crippen molar-refractivity contribution in [2.24, 2.45) is 0 Å². The molecule has 0 fully saturated rings. The van der Waals surface area contributed by atoms with E-state index in [1.165, 1.54) is 6.92 Å². The van der Waals surface area contributed by atoms with Crippen LogP contribution >= 0.6 is 0 Å². The molecule has 1 amide bonds. The number of aryl methyl sites for hydroxylation is 1. The third-order valence-electron chi connectivity index (χ3n) is 3.94. The number of carbonyl (C=O) groups is 3. The van der Waals surface area contributed by atoms with Gasteiger partial charge >= 0.3 is 5.97 Å². The Hall–Kier alpha value is -3.09. The SMILES string of the molecule is CCc1c(C(=O)NCc2cccc(OCC(=O)O)c2)[nH]c(C)c1C(C)=O. The maximum Gasteiger partial charge on any atom is 0.341 e. The number of carboxylic acids is 1. The summed E-state index contributed by atoms with van der Waals surface area (Å²) in [6, 6.07) is 6.85. The van der Waals surface area contributed by atoms with Crippen molar-refractivity contribution < 1.29 is 24.2 Å². The van der Waals surface area contributed by atoms with Gasteiger partial charge in [-0.1, -0.05) is 19.1 Å². The van der Waals surface area contributed by atoms with Gasteiger partial charge in [-0.2, -0.15) is 0 Å². The number of aliphatic carboxylic acids is 1. The van der Waals surface area contributed by atoms with Crippen molar-refractivity contribution in [3.05, 3.63) is 52.3 Å². The zero-order valence-electron chi connectivity index (χ0n) is 15.0. The highest BCUT2D eigenvalue weighted by Gasteiger charge is 2.21. The fourth-order valence-electron chi connectivity index (χ4n) is 2.86. The topological polar surface area (TPSA) is 108 Å². The van der Waals surface area contributed by atoms with E-state index in [1.807, 2.05) is 6.92 Å². The van der Waals surface area contributed by atoms with E-state index in [9.17, 15) is 14.4 Å². The van der Waals surface area contributed by atoms with E-state index in [1.54, 1.807) is 31.2 Å². The summed E-state index contributed by atoms with van der Waals surface area (Å²) in [6.07, 6.45) is 0.570. The van der Waals surface area contributed by atoms with Crippen molar-refractivity contribution in [1.29, 1.82) is 0 Å². The highest BCUT2D eigenvalue weighted by atomic mass is 16.5. The van der Waals surface area contributed by atoms with E-state index in [0.717, 1.165) is 5.56 Å². The molecule has 7 heteroatoms. The fourth-order valence-corrected chi connectivity index (χ4v) is 2.86. The Morgan fingerprint density at radius 1 is 1.27 bits per heavy atom. The summed E-state index contributed by atoms with van der Waals surface area (Å²) in [4.78, 5) is 37.9. The molecule has 2 rings (SSSR count). The number of hydrogen-bond donors (Lipinski definition) is 3. The molecule has 1 heterocycles. The van der Waals surface area contributed by atoms with Gasteiger partial charge in [-0.15, -0.1) is 0 Å². The zero-order valence-corrected chi connectivity index (χ0v) is 15.0. The molecule has 0 saturated heterocycles. The summed E-state index contributed by atoms with van der Waals surface area (Å²) in [7, 11) is 0. The van der Waals surface area contributed by atoms with E-state index < -0.39 is 12.6 Å². The Kier molecular flexibility index (Phi) is 6.16. The van der Waals surface area contributed by atoms with Crippen molar-refractivity contribution in [2.45, 2.75) is 33.7 Å². The molecule has 0 aliphatic rings. The number of aromatic nitrogens is 1. The van der Waals surface area contributed by atoms with E-state index in [2.05, 4.69) is 10.3 Å². The number of amides is 1. The molecule has 138 valence electrons. The van der Waals surface area contributed by atoms with Crippen LogP contribution in [0, 0.1) is 6.92 Å². The molecule has 0 unspecified atom stereocenters. The largest absolute Gasteiger partial charge is 0.482 e. The highest BCUT2D eigenvalue weighted by molar-refractivity contribution is 6.02. The first-order chi connectivity index (χ1) is 12.3. The predicted molar refractivity (Wildman–Crippen MR) is 95.7 cm³/mol. The molecular weight excluding hydrogens is 336 g/mol. The van der Waals surface area contributed by atoms with Crippen LogP contribution in [-0.4, -0.2) is 34.4 Å². The number of H-pyrrole nitrogens is 1. The summed E-state index contributed by atoms with van der Waals surface area (Å²) in [5, 5.41) is 11.5. The van der Waals surface area contributed by atoms with Crippen LogP contribution < -0.4 is 10.1 Å². The maximum absolute atomic E-state index is 12.5. The Labute approximate surface area is 151 Å². The first-order valence-electron chi connectivity index (χ1n) is 8.27. The maximum atomic E-state index is 12.5. The third kappa shape index (κ3) is 4.50. The molecule has 0 aliphatic heterocycles. The number of carbonyl (C=O) groups excluding carboxylic acids is 2. The monoisotopic (exact) mass is 358 g/mol. The number of aromatic amines is 1. The molecule has 0 radical (unpaired) electrons. The van der Waals surface area contributed by atoms with E-state index in [-0.39, 0.29) is 18.2 Å². The lowest BCUT2D eigenvalue weighted by molar-refractivity contribution is -0.139. The summed E-state index contributed by atoms with van der Waals surface area (Å²) in [5.74, 6) is -1.01. The fraction of sp³-hybridized carbons (Fsp3) is 0.316. The Morgan fingerprint density at radius 3 is 2.62 bits per heavy atom. The lowest BCUT2D eigenvalue weighted by Gasteiger charge is -2.08. The molecule has 0 spiro atoms. The zero-order chi connectivity index (χ0) is 19.3. The molecule has 0 bridgehead atoms.